The fourth-order valence-electron chi connectivity index (χ4n) is 4.97. The lowest BCUT2D eigenvalue weighted by atomic mass is 9.63. The normalized spacial score (nSPS) is 15.0. The molecule has 1 aliphatic rings. The van der Waals surface area contributed by atoms with Gasteiger partial charge in [0, 0.05) is 16.8 Å². The fraction of sp³-hybridized carbons (Fsp3) is 0.588. The number of rotatable bonds is 20. The summed E-state index contributed by atoms with van der Waals surface area (Å²) in [6.45, 7) is 13.7. The Bertz CT molecular complexity index is 1170. The molecule has 2 aromatic carbocycles. The van der Waals surface area contributed by atoms with Gasteiger partial charge in [0.05, 0.1) is 72.7 Å². The average Bonchev–Trinajstić information content (AvgIpc) is 3.01. The van der Waals surface area contributed by atoms with Crippen molar-refractivity contribution < 1.29 is 38.3 Å². The number of nitrogens with one attached hydrogen (secondary N) is 2. The maximum absolute atomic E-state index is 13.0. The Hall–Kier alpha value is -2.86. The van der Waals surface area contributed by atoms with Crippen LogP contribution in [0.1, 0.15) is 67.6 Å². The maximum atomic E-state index is 13.0. The predicted octanol–water partition coefficient (Wildman–Crippen LogP) is 4.71. The molecule has 1 amide bonds. The van der Waals surface area contributed by atoms with Crippen molar-refractivity contribution in [1.82, 2.24) is 0 Å². The van der Waals surface area contributed by atoms with Gasteiger partial charge in [-0.25, -0.2) is 0 Å². The minimum atomic E-state index is -0.190. The molecule has 0 aliphatic heterocycles. The maximum Gasteiger partial charge on any atom is 0.255 e. The van der Waals surface area contributed by atoms with Crippen molar-refractivity contribution in [3.8, 4) is 0 Å². The van der Waals surface area contributed by atoms with E-state index in [2.05, 4.69) is 45.1 Å². The second kappa shape index (κ2) is 18.2. The first kappa shape index (κ1) is 35.6. The summed E-state index contributed by atoms with van der Waals surface area (Å²) in [5.41, 5.74) is 4.73. The molecule has 0 bridgehead atoms. The monoisotopic (exact) mass is 614 g/mol. The molecular weight excluding hydrogens is 564 g/mol. The molecule has 0 atom stereocenters. The first-order valence-corrected chi connectivity index (χ1v) is 15.4. The van der Waals surface area contributed by atoms with Crippen LogP contribution in [0.15, 0.2) is 42.5 Å². The summed E-state index contributed by atoms with van der Waals surface area (Å²) in [6.07, 6.45) is 2.26. The third-order valence-corrected chi connectivity index (χ3v) is 7.72. The summed E-state index contributed by atoms with van der Waals surface area (Å²) in [6, 6.07) is 13.1. The fourth-order valence-corrected chi connectivity index (χ4v) is 4.97. The van der Waals surface area contributed by atoms with Gasteiger partial charge in [0.2, 0.25) is 5.90 Å². The number of benzene rings is 2. The Morgan fingerprint density at radius 2 is 1.14 bits per heavy atom. The predicted molar refractivity (Wildman–Crippen MR) is 170 cm³/mol. The number of ether oxygens (including phenoxy) is 6. The molecule has 0 unspecified atom stereocenters. The molecule has 0 spiro atoms. The molecule has 44 heavy (non-hydrogen) atoms. The highest BCUT2D eigenvalue weighted by Crippen LogP contribution is 2.46. The topological polar surface area (TPSA) is 129 Å². The largest absolute Gasteiger partial charge is 0.475 e. The molecule has 1 aliphatic carbocycles. The average molecular weight is 615 g/mol. The number of fused-ring (bicyclic) bond motifs is 1. The van der Waals surface area contributed by atoms with Gasteiger partial charge in [-0.1, -0.05) is 33.8 Å². The smallest absolute Gasteiger partial charge is 0.255 e. The summed E-state index contributed by atoms with van der Waals surface area (Å²) in [5.74, 6) is -0.167. The van der Waals surface area contributed by atoms with E-state index in [0.717, 1.165) is 18.5 Å². The van der Waals surface area contributed by atoms with Crippen LogP contribution in [-0.4, -0.2) is 96.2 Å². The molecule has 0 saturated carbocycles. The van der Waals surface area contributed by atoms with Crippen LogP contribution in [-0.2, 0) is 39.3 Å². The number of aliphatic hydroxyl groups excluding tert-OH is 1. The van der Waals surface area contributed by atoms with E-state index in [1.165, 1.54) is 11.1 Å². The summed E-state index contributed by atoms with van der Waals surface area (Å²) in [5, 5.41) is 19.8. The zero-order chi connectivity index (χ0) is 31.8. The second-order valence-corrected chi connectivity index (χ2v) is 12.0. The van der Waals surface area contributed by atoms with E-state index in [1.54, 1.807) is 24.3 Å². The third-order valence-electron chi connectivity index (χ3n) is 7.72. The molecule has 0 saturated heterocycles. The van der Waals surface area contributed by atoms with E-state index >= 15 is 0 Å². The van der Waals surface area contributed by atoms with Crippen LogP contribution in [0.25, 0.3) is 0 Å². The van der Waals surface area contributed by atoms with Crippen molar-refractivity contribution in [1.29, 1.82) is 5.41 Å². The van der Waals surface area contributed by atoms with Crippen molar-refractivity contribution in [2.24, 2.45) is 0 Å². The second-order valence-electron chi connectivity index (χ2n) is 12.0. The molecule has 0 fully saturated rings. The highest BCUT2D eigenvalue weighted by atomic mass is 16.6. The molecule has 10 nitrogen and oxygen atoms in total. The number of carbonyl (C=O) groups is 1. The van der Waals surface area contributed by atoms with E-state index in [4.69, 9.17) is 38.9 Å². The molecule has 244 valence electrons. The van der Waals surface area contributed by atoms with Crippen LogP contribution in [0.5, 0.6) is 0 Å². The summed E-state index contributed by atoms with van der Waals surface area (Å²) >= 11 is 0. The summed E-state index contributed by atoms with van der Waals surface area (Å²) in [7, 11) is 0. The van der Waals surface area contributed by atoms with Gasteiger partial charge in [0.15, 0.2) is 0 Å². The SMILES string of the molecule is CC1(C)CCC(C)(C)c2cc(NC(=O)c3ccc(C(=N)OCCOCCOCCOCCOCCOCCO)cc3)ccc21. The third kappa shape index (κ3) is 11.6. The van der Waals surface area contributed by atoms with Crippen molar-refractivity contribution in [2.75, 3.05) is 84.6 Å². The molecule has 3 rings (SSSR count). The zero-order valence-electron chi connectivity index (χ0n) is 26.7. The summed E-state index contributed by atoms with van der Waals surface area (Å²) < 4.78 is 32.3. The standard InChI is InChI=1S/C34H50N2O8/c1-33(2)11-12-34(3,4)30-25-28(9-10-29(30)33)36-32(38)27-7-5-26(6-8-27)31(35)44-24-23-43-22-21-42-20-19-41-18-17-40-16-15-39-14-13-37/h5-10,25,35,37H,11-24H2,1-4H3,(H,36,38). The van der Waals surface area contributed by atoms with Gasteiger partial charge >= 0.3 is 0 Å². The van der Waals surface area contributed by atoms with Gasteiger partial charge in [-0.2, -0.15) is 0 Å². The minimum absolute atomic E-state index is 0.0144. The van der Waals surface area contributed by atoms with Gasteiger partial charge in [0.25, 0.3) is 5.91 Å². The van der Waals surface area contributed by atoms with Gasteiger partial charge < -0.3 is 38.8 Å². The number of hydrogen-bond acceptors (Lipinski definition) is 9. The molecule has 3 N–H and O–H groups in total. The molecule has 0 aromatic heterocycles. The number of anilines is 1. The molecule has 10 heteroatoms. The minimum Gasteiger partial charge on any atom is -0.475 e. The van der Waals surface area contributed by atoms with Crippen LogP contribution in [0, 0.1) is 5.41 Å². The van der Waals surface area contributed by atoms with Gasteiger partial charge in [0.1, 0.15) is 6.61 Å². The highest BCUT2D eigenvalue weighted by molar-refractivity contribution is 6.05. The first-order chi connectivity index (χ1) is 21.1. The molecule has 0 heterocycles. The van der Waals surface area contributed by atoms with Crippen LogP contribution < -0.4 is 5.32 Å². The van der Waals surface area contributed by atoms with E-state index in [0.29, 0.717) is 77.2 Å². The number of amides is 1. The van der Waals surface area contributed by atoms with Crippen LogP contribution >= 0.6 is 0 Å². The van der Waals surface area contributed by atoms with Crippen molar-refractivity contribution in [3.63, 3.8) is 0 Å². The van der Waals surface area contributed by atoms with Crippen LogP contribution in [0.2, 0.25) is 0 Å². The quantitative estimate of drug-likeness (QED) is 0.111. The Morgan fingerprint density at radius 3 is 1.66 bits per heavy atom. The first-order valence-electron chi connectivity index (χ1n) is 15.4. The molecule has 0 radical (unpaired) electrons. The van der Waals surface area contributed by atoms with Crippen molar-refractivity contribution in [2.45, 2.75) is 51.4 Å². The Labute approximate surface area is 261 Å². The number of aliphatic hydroxyl groups is 1. The lowest BCUT2D eigenvalue weighted by molar-refractivity contribution is -0.0148. The van der Waals surface area contributed by atoms with E-state index in [-0.39, 0.29) is 35.8 Å². The Morgan fingerprint density at radius 1 is 0.682 bits per heavy atom. The van der Waals surface area contributed by atoms with Gasteiger partial charge in [-0.15, -0.1) is 0 Å². The van der Waals surface area contributed by atoms with Gasteiger partial charge in [-0.3, -0.25) is 10.2 Å². The lowest BCUT2D eigenvalue weighted by Crippen LogP contribution is -2.33. The highest BCUT2D eigenvalue weighted by Gasteiger charge is 2.37. The zero-order valence-corrected chi connectivity index (χ0v) is 26.7. The Balaban J connectivity index is 1.26. The van der Waals surface area contributed by atoms with E-state index in [9.17, 15) is 4.79 Å². The summed E-state index contributed by atoms with van der Waals surface area (Å²) in [4.78, 5) is 13.0. The van der Waals surface area contributed by atoms with E-state index in [1.807, 2.05) is 6.07 Å². The molecular formula is C34H50N2O8. The van der Waals surface area contributed by atoms with Crippen molar-refractivity contribution >= 4 is 17.5 Å². The van der Waals surface area contributed by atoms with Crippen LogP contribution in [0.3, 0.4) is 0 Å². The van der Waals surface area contributed by atoms with Gasteiger partial charge in [-0.05, 0) is 71.2 Å². The lowest BCUT2D eigenvalue weighted by Gasteiger charge is -2.42. The number of carbonyl (C=O) groups excluding carboxylic acids is 1. The Kier molecular flexibility index (Phi) is 14.7. The number of hydrogen-bond donors (Lipinski definition) is 3. The van der Waals surface area contributed by atoms with Crippen molar-refractivity contribution in [3.05, 3.63) is 64.7 Å². The van der Waals surface area contributed by atoms with E-state index < -0.39 is 0 Å². The molecule has 2 aromatic rings. The van der Waals surface area contributed by atoms with Crippen LogP contribution in [0.4, 0.5) is 5.69 Å².